The second-order valence-electron chi connectivity index (χ2n) is 4.06. The summed E-state index contributed by atoms with van der Waals surface area (Å²) >= 11 is 1.20. The number of aromatic nitrogens is 2. The van der Waals surface area contributed by atoms with Gasteiger partial charge < -0.3 is 5.10 Å². The SMILES string of the molecule is O=c1[nH][nH]c2c1CCN(S(=O)(=O)c1cccs1)C2. The zero-order valence-corrected chi connectivity index (χ0v) is 11.0. The summed E-state index contributed by atoms with van der Waals surface area (Å²) in [4.78, 5) is 11.4. The Balaban J connectivity index is 1.95. The van der Waals surface area contributed by atoms with Crippen molar-refractivity contribution in [3.8, 4) is 0 Å². The minimum Gasteiger partial charge on any atom is -0.301 e. The zero-order chi connectivity index (χ0) is 12.8. The molecule has 6 nitrogen and oxygen atoms in total. The van der Waals surface area contributed by atoms with Gasteiger partial charge in [-0.05, 0) is 17.9 Å². The molecule has 0 atom stereocenters. The Morgan fingerprint density at radius 3 is 2.89 bits per heavy atom. The molecular weight excluding hydrogens is 274 g/mol. The van der Waals surface area contributed by atoms with E-state index in [1.807, 2.05) is 0 Å². The molecule has 0 spiro atoms. The summed E-state index contributed by atoms with van der Waals surface area (Å²) in [5.74, 6) is 0. The molecule has 96 valence electrons. The quantitative estimate of drug-likeness (QED) is 0.843. The number of hydrogen-bond acceptors (Lipinski definition) is 4. The van der Waals surface area contributed by atoms with Crippen LogP contribution in [0.3, 0.4) is 0 Å². The molecule has 0 aliphatic carbocycles. The van der Waals surface area contributed by atoms with Gasteiger partial charge in [-0.1, -0.05) is 6.07 Å². The topological polar surface area (TPSA) is 86.0 Å². The van der Waals surface area contributed by atoms with Gasteiger partial charge in [-0.3, -0.25) is 9.89 Å². The van der Waals surface area contributed by atoms with Gasteiger partial charge in [0.15, 0.2) is 0 Å². The lowest BCUT2D eigenvalue weighted by atomic mass is 10.1. The average Bonchev–Trinajstić information content (AvgIpc) is 2.99. The molecule has 18 heavy (non-hydrogen) atoms. The second-order valence-corrected chi connectivity index (χ2v) is 7.17. The van der Waals surface area contributed by atoms with Crippen LogP contribution in [0.4, 0.5) is 0 Å². The summed E-state index contributed by atoms with van der Waals surface area (Å²) in [7, 11) is -3.44. The minimum absolute atomic E-state index is 0.154. The fraction of sp³-hybridized carbons (Fsp3) is 0.300. The number of H-pyrrole nitrogens is 2. The maximum atomic E-state index is 12.3. The van der Waals surface area contributed by atoms with Gasteiger partial charge in [-0.15, -0.1) is 11.3 Å². The van der Waals surface area contributed by atoms with E-state index in [-0.39, 0.29) is 12.1 Å². The van der Waals surface area contributed by atoms with Gasteiger partial charge in [-0.25, -0.2) is 8.42 Å². The van der Waals surface area contributed by atoms with Crippen molar-refractivity contribution < 1.29 is 8.42 Å². The maximum Gasteiger partial charge on any atom is 0.267 e. The minimum atomic E-state index is -3.44. The van der Waals surface area contributed by atoms with E-state index < -0.39 is 10.0 Å². The molecule has 2 aromatic heterocycles. The molecule has 3 heterocycles. The lowest BCUT2D eigenvalue weighted by Gasteiger charge is -2.24. The fourth-order valence-corrected chi connectivity index (χ4v) is 4.61. The standard InChI is InChI=1S/C10H11N3O3S2/c14-10-7-3-4-13(6-8(7)11-12-10)18(15,16)9-2-1-5-17-9/h1-2,5H,3-4,6H2,(H2,11,12,14). The predicted octanol–water partition coefficient (Wildman–Crippen LogP) is 0.511. The third-order valence-electron chi connectivity index (χ3n) is 3.00. The van der Waals surface area contributed by atoms with E-state index in [1.165, 1.54) is 15.6 Å². The lowest BCUT2D eigenvalue weighted by molar-refractivity contribution is 0.388. The number of sulfonamides is 1. The molecule has 0 aromatic carbocycles. The molecule has 0 fully saturated rings. The molecule has 2 aromatic rings. The normalized spacial score (nSPS) is 16.7. The van der Waals surface area contributed by atoms with Gasteiger partial charge in [0.25, 0.3) is 15.6 Å². The maximum absolute atomic E-state index is 12.3. The van der Waals surface area contributed by atoms with Crippen molar-refractivity contribution >= 4 is 21.4 Å². The Bertz CT molecular complexity index is 712. The van der Waals surface area contributed by atoms with E-state index in [0.29, 0.717) is 28.4 Å². The van der Waals surface area contributed by atoms with E-state index in [4.69, 9.17) is 0 Å². The van der Waals surface area contributed by atoms with Crippen LogP contribution in [0.15, 0.2) is 26.5 Å². The van der Waals surface area contributed by atoms with Crippen LogP contribution in [0.2, 0.25) is 0 Å². The van der Waals surface area contributed by atoms with E-state index in [0.717, 1.165) is 0 Å². The van der Waals surface area contributed by atoms with Crippen LogP contribution in [-0.2, 0) is 23.0 Å². The Morgan fingerprint density at radius 1 is 1.33 bits per heavy atom. The van der Waals surface area contributed by atoms with E-state index in [9.17, 15) is 13.2 Å². The van der Waals surface area contributed by atoms with Crippen molar-refractivity contribution in [1.29, 1.82) is 0 Å². The average molecular weight is 285 g/mol. The van der Waals surface area contributed by atoms with Crippen LogP contribution in [0.1, 0.15) is 11.3 Å². The van der Waals surface area contributed by atoms with E-state index in [2.05, 4.69) is 10.2 Å². The number of thiophene rings is 1. The second kappa shape index (κ2) is 4.08. The van der Waals surface area contributed by atoms with Crippen LogP contribution in [0.25, 0.3) is 0 Å². The Hall–Kier alpha value is -1.38. The van der Waals surface area contributed by atoms with Crippen molar-refractivity contribution in [3.05, 3.63) is 39.1 Å². The molecular formula is C10H11N3O3S2. The van der Waals surface area contributed by atoms with Crippen molar-refractivity contribution in [1.82, 2.24) is 14.5 Å². The number of hydrogen-bond donors (Lipinski definition) is 2. The number of rotatable bonds is 2. The van der Waals surface area contributed by atoms with E-state index >= 15 is 0 Å². The smallest absolute Gasteiger partial charge is 0.267 e. The highest BCUT2D eigenvalue weighted by Gasteiger charge is 2.30. The fourth-order valence-electron chi connectivity index (χ4n) is 2.05. The zero-order valence-electron chi connectivity index (χ0n) is 9.34. The highest BCUT2D eigenvalue weighted by atomic mass is 32.2. The molecule has 3 rings (SSSR count). The molecule has 0 bridgehead atoms. The summed E-state index contributed by atoms with van der Waals surface area (Å²) in [5, 5.41) is 6.96. The van der Waals surface area contributed by atoms with Crippen LogP contribution >= 0.6 is 11.3 Å². The number of fused-ring (bicyclic) bond motifs is 1. The van der Waals surface area contributed by atoms with Gasteiger partial charge in [0.05, 0.1) is 12.2 Å². The summed E-state index contributed by atoms with van der Waals surface area (Å²) < 4.78 is 26.3. The largest absolute Gasteiger partial charge is 0.301 e. The first-order valence-corrected chi connectivity index (χ1v) is 7.73. The van der Waals surface area contributed by atoms with Crippen LogP contribution < -0.4 is 5.56 Å². The summed E-state index contributed by atoms with van der Waals surface area (Å²) in [5.41, 5.74) is 1.16. The first-order valence-electron chi connectivity index (χ1n) is 5.41. The van der Waals surface area contributed by atoms with E-state index in [1.54, 1.807) is 17.5 Å². The third kappa shape index (κ3) is 1.73. The highest BCUT2D eigenvalue weighted by molar-refractivity contribution is 7.91. The monoisotopic (exact) mass is 285 g/mol. The number of aromatic amines is 2. The van der Waals surface area contributed by atoms with Crippen molar-refractivity contribution in [2.45, 2.75) is 17.2 Å². The highest BCUT2D eigenvalue weighted by Crippen LogP contribution is 2.25. The van der Waals surface area contributed by atoms with Gasteiger partial charge in [0.2, 0.25) is 0 Å². The van der Waals surface area contributed by atoms with Crippen molar-refractivity contribution in [3.63, 3.8) is 0 Å². The van der Waals surface area contributed by atoms with Crippen molar-refractivity contribution in [2.24, 2.45) is 0 Å². The van der Waals surface area contributed by atoms with Gasteiger partial charge in [0.1, 0.15) is 4.21 Å². The summed E-state index contributed by atoms with van der Waals surface area (Å²) in [6, 6.07) is 3.31. The molecule has 1 aliphatic heterocycles. The molecule has 2 N–H and O–H groups in total. The van der Waals surface area contributed by atoms with Crippen molar-refractivity contribution in [2.75, 3.05) is 6.54 Å². The first kappa shape index (κ1) is 11.7. The molecule has 0 unspecified atom stereocenters. The predicted molar refractivity (Wildman–Crippen MR) is 67.0 cm³/mol. The molecule has 1 aliphatic rings. The molecule has 0 amide bonds. The molecule has 0 radical (unpaired) electrons. The number of nitrogens with one attached hydrogen (secondary N) is 2. The third-order valence-corrected chi connectivity index (χ3v) is 6.22. The first-order chi connectivity index (χ1) is 8.59. The molecule has 0 saturated heterocycles. The van der Waals surface area contributed by atoms with Crippen LogP contribution in [0.5, 0.6) is 0 Å². The van der Waals surface area contributed by atoms with Gasteiger partial charge in [-0.2, -0.15) is 4.31 Å². The summed E-state index contributed by atoms with van der Waals surface area (Å²) in [6.45, 7) is 0.558. The van der Waals surface area contributed by atoms with Crippen LogP contribution in [0, 0.1) is 0 Å². The Labute approximate surface area is 107 Å². The van der Waals surface area contributed by atoms with Crippen LogP contribution in [-0.4, -0.2) is 29.5 Å². The van der Waals surface area contributed by atoms with Gasteiger partial charge in [0, 0.05) is 12.1 Å². The Morgan fingerprint density at radius 2 is 2.17 bits per heavy atom. The molecule has 8 heteroatoms. The summed E-state index contributed by atoms with van der Waals surface area (Å²) in [6.07, 6.45) is 0.443. The lowest BCUT2D eigenvalue weighted by Crippen LogP contribution is -2.36. The molecule has 0 saturated carbocycles. The number of nitrogens with zero attached hydrogens (tertiary/aromatic N) is 1. The Kier molecular flexibility index (Phi) is 2.65. The van der Waals surface area contributed by atoms with Gasteiger partial charge >= 0.3 is 0 Å².